The smallest absolute Gasteiger partial charge is 0.246 e. The van der Waals surface area contributed by atoms with E-state index >= 15 is 0 Å². The maximum atomic E-state index is 12.7. The van der Waals surface area contributed by atoms with Gasteiger partial charge in [-0.3, -0.25) is 9.59 Å². The number of hydrogen-bond acceptors (Lipinski definition) is 4. The van der Waals surface area contributed by atoms with Crippen LogP contribution in [0.2, 0.25) is 5.02 Å². The summed E-state index contributed by atoms with van der Waals surface area (Å²) in [4.78, 5) is 25.9. The predicted octanol–water partition coefficient (Wildman–Crippen LogP) is 2.87. The number of rotatable bonds is 4. The van der Waals surface area contributed by atoms with Crippen LogP contribution in [-0.4, -0.2) is 24.9 Å². The van der Waals surface area contributed by atoms with Gasteiger partial charge in [-0.25, -0.2) is 0 Å². The van der Waals surface area contributed by atoms with Gasteiger partial charge in [0, 0.05) is 23.6 Å². The normalized spacial score (nSPS) is 12.0. The van der Waals surface area contributed by atoms with Crippen molar-refractivity contribution in [2.45, 2.75) is 13.0 Å². The third-order valence-electron chi connectivity index (χ3n) is 3.84. The number of para-hydroxylation sites is 1. The van der Waals surface area contributed by atoms with Crippen molar-refractivity contribution in [2.24, 2.45) is 5.73 Å². The minimum Gasteiger partial charge on any atom is -0.455 e. The number of fused-ring (bicyclic) bond motifs is 2. The first-order chi connectivity index (χ1) is 12.1. The first-order valence-corrected chi connectivity index (χ1v) is 8.28. The maximum Gasteiger partial charge on any atom is 0.246 e. The molecule has 0 unspecified atom stereocenters. The topological polar surface area (TPSA) is 84.7 Å². The standard InChI is InChI=1S/C18H18ClN3O3.ClH/c19-13-5-6-16-14(9-13)22(18(24)10-21-17(23)7-8-20)11-12-3-1-2-4-15(12)25-16;/h1-6,9H,7-8,10-11,20H2,(H,21,23);1H. The molecule has 0 aliphatic carbocycles. The molecule has 1 aliphatic heterocycles. The molecule has 0 fully saturated rings. The van der Waals surface area contributed by atoms with Gasteiger partial charge in [-0.15, -0.1) is 12.4 Å². The number of halogens is 2. The van der Waals surface area contributed by atoms with E-state index in [4.69, 9.17) is 22.1 Å². The number of benzene rings is 2. The van der Waals surface area contributed by atoms with Gasteiger partial charge in [-0.05, 0) is 24.3 Å². The van der Waals surface area contributed by atoms with Crippen LogP contribution in [0.25, 0.3) is 0 Å². The highest BCUT2D eigenvalue weighted by atomic mass is 35.5. The fraction of sp³-hybridized carbons (Fsp3) is 0.222. The lowest BCUT2D eigenvalue weighted by Crippen LogP contribution is -2.40. The average molecular weight is 396 g/mol. The zero-order valence-corrected chi connectivity index (χ0v) is 15.5. The molecule has 1 heterocycles. The lowest BCUT2D eigenvalue weighted by molar-refractivity contribution is -0.124. The molecule has 0 atom stereocenters. The van der Waals surface area contributed by atoms with Crippen LogP contribution in [-0.2, 0) is 16.1 Å². The fourth-order valence-corrected chi connectivity index (χ4v) is 2.77. The molecule has 0 radical (unpaired) electrons. The second-order valence-corrected chi connectivity index (χ2v) is 6.05. The molecule has 0 spiro atoms. The Morgan fingerprint density at radius 2 is 1.96 bits per heavy atom. The Balaban J connectivity index is 0.00000243. The number of carbonyl (C=O) groups excluding carboxylic acids is 2. The molecule has 1 aliphatic rings. The van der Waals surface area contributed by atoms with E-state index in [1.54, 1.807) is 23.1 Å². The third kappa shape index (κ3) is 4.46. The molecule has 26 heavy (non-hydrogen) atoms. The summed E-state index contributed by atoms with van der Waals surface area (Å²) in [6.07, 6.45) is 0.182. The van der Waals surface area contributed by atoms with E-state index in [1.807, 2.05) is 24.3 Å². The number of ether oxygens (including phenoxy) is 1. The van der Waals surface area contributed by atoms with Gasteiger partial charge in [0.1, 0.15) is 5.75 Å². The molecule has 6 nitrogen and oxygen atoms in total. The maximum absolute atomic E-state index is 12.7. The SMILES string of the molecule is Cl.NCCC(=O)NCC(=O)N1Cc2ccccc2Oc2ccc(Cl)cc21. The van der Waals surface area contributed by atoms with E-state index in [-0.39, 0.29) is 43.7 Å². The fourth-order valence-electron chi connectivity index (χ4n) is 2.61. The monoisotopic (exact) mass is 395 g/mol. The summed E-state index contributed by atoms with van der Waals surface area (Å²) in [5, 5.41) is 3.08. The minimum atomic E-state index is -0.256. The zero-order chi connectivity index (χ0) is 17.8. The van der Waals surface area contributed by atoms with Gasteiger partial charge in [0.25, 0.3) is 0 Å². The van der Waals surface area contributed by atoms with Gasteiger partial charge in [0.15, 0.2) is 5.75 Å². The van der Waals surface area contributed by atoms with E-state index in [0.29, 0.717) is 28.8 Å². The number of carbonyl (C=O) groups is 2. The van der Waals surface area contributed by atoms with Gasteiger partial charge < -0.3 is 20.7 Å². The minimum absolute atomic E-state index is 0. The van der Waals surface area contributed by atoms with Crippen LogP contribution >= 0.6 is 24.0 Å². The molecule has 0 aromatic heterocycles. The number of hydrogen-bond donors (Lipinski definition) is 2. The summed E-state index contributed by atoms with van der Waals surface area (Å²) in [7, 11) is 0. The molecule has 0 bridgehead atoms. The Bertz CT molecular complexity index is 814. The largest absolute Gasteiger partial charge is 0.455 e. The Hall–Kier alpha value is -2.28. The van der Waals surface area contributed by atoms with Gasteiger partial charge in [-0.1, -0.05) is 29.8 Å². The van der Waals surface area contributed by atoms with Crippen LogP contribution in [0, 0.1) is 0 Å². The molecule has 8 heteroatoms. The summed E-state index contributed by atoms with van der Waals surface area (Å²) in [5.74, 6) is 0.715. The van der Waals surface area contributed by atoms with Crippen molar-refractivity contribution in [2.75, 3.05) is 18.0 Å². The highest BCUT2D eigenvalue weighted by molar-refractivity contribution is 6.31. The molecule has 0 saturated carbocycles. The first kappa shape index (κ1) is 20.0. The van der Waals surface area contributed by atoms with E-state index < -0.39 is 0 Å². The van der Waals surface area contributed by atoms with Gasteiger partial charge in [-0.2, -0.15) is 0 Å². The molecule has 3 rings (SSSR count). The number of anilines is 1. The molecule has 2 aromatic rings. The number of nitrogens with one attached hydrogen (secondary N) is 1. The Labute approximate surface area is 162 Å². The molecular weight excluding hydrogens is 377 g/mol. The molecule has 3 N–H and O–H groups in total. The van der Waals surface area contributed by atoms with E-state index in [9.17, 15) is 9.59 Å². The summed E-state index contributed by atoms with van der Waals surface area (Å²) < 4.78 is 5.95. The number of nitrogens with two attached hydrogens (primary N) is 1. The molecule has 2 aromatic carbocycles. The van der Waals surface area contributed by atoms with Crippen molar-refractivity contribution in [1.29, 1.82) is 0 Å². The van der Waals surface area contributed by atoms with Crippen molar-refractivity contribution in [3.63, 3.8) is 0 Å². The Morgan fingerprint density at radius 1 is 1.19 bits per heavy atom. The summed E-state index contributed by atoms with van der Waals surface area (Å²) in [6, 6.07) is 12.6. The van der Waals surface area contributed by atoms with Gasteiger partial charge >= 0.3 is 0 Å². The second-order valence-electron chi connectivity index (χ2n) is 5.62. The quantitative estimate of drug-likeness (QED) is 0.833. The predicted molar refractivity (Wildman–Crippen MR) is 103 cm³/mol. The van der Waals surface area contributed by atoms with Crippen LogP contribution < -0.4 is 20.7 Å². The van der Waals surface area contributed by atoms with Crippen LogP contribution in [0.3, 0.4) is 0 Å². The highest BCUT2D eigenvalue weighted by Crippen LogP contribution is 2.40. The first-order valence-electron chi connectivity index (χ1n) is 7.91. The van der Waals surface area contributed by atoms with Crippen LogP contribution in [0.15, 0.2) is 42.5 Å². The van der Waals surface area contributed by atoms with Crippen molar-refractivity contribution in [3.8, 4) is 11.5 Å². The average Bonchev–Trinajstić information content (AvgIpc) is 2.76. The van der Waals surface area contributed by atoms with Crippen molar-refractivity contribution in [3.05, 3.63) is 53.1 Å². The molecular formula is C18H19Cl2N3O3. The highest BCUT2D eigenvalue weighted by Gasteiger charge is 2.25. The Kier molecular flexibility index (Phi) is 6.85. The molecule has 2 amide bonds. The number of amides is 2. The molecule has 138 valence electrons. The second kappa shape index (κ2) is 8.89. The zero-order valence-electron chi connectivity index (χ0n) is 13.9. The van der Waals surface area contributed by atoms with E-state index in [0.717, 1.165) is 5.56 Å². The van der Waals surface area contributed by atoms with Crippen molar-refractivity contribution >= 4 is 41.5 Å². The lowest BCUT2D eigenvalue weighted by Gasteiger charge is -2.22. The summed E-state index contributed by atoms with van der Waals surface area (Å²) >= 11 is 6.10. The van der Waals surface area contributed by atoms with Crippen LogP contribution in [0.4, 0.5) is 5.69 Å². The molecule has 0 saturated heterocycles. The third-order valence-corrected chi connectivity index (χ3v) is 4.08. The summed E-state index contributed by atoms with van der Waals surface area (Å²) in [6.45, 7) is 0.450. The van der Waals surface area contributed by atoms with Crippen LogP contribution in [0.1, 0.15) is 12.0 Å². The Morgan fingerprint density at radius 3 is 2.73 bits per heavy atom. The number of nitrogens with zero attached hydrogens (tertiary/aromatic N) is 1. The van der Waals surface area contributed by atoms with Gasteiger partial charge in [0.05, 0.1) is 18.8 Å². The summed E-state index contributed by atoms with van der Waals surface area (Å²) in [5.41, 5.74) is 6.79. The van der Waals surface area contributed by atoms with E-state index in [1.165, 1.54) is 0 Å². The van der Waals surface area contributed by atoms with Crippen molar-refractivity contribution in [1.82, 2.24) is 5.32 Å². The van der Waals surface area contributed by atoms with Crippen molar-refractivity contribution < 1.29 is 14.3 Å². The van der Waals surface area contributed by atoms with Crippen LogP contribution in [0.5, 0.6) is 11.5 Å². The van der Waals surface area contributed by atoms with E-state index in [2.05, 4.69) is 5.32 Å². The lowest BCUT2D eigenvalue weighted by atomic mass is 10.2. The van der Waals surface area contributed by atoms with Gasteiger partial charge in [0.2, 0.25) is 11.8 Å².